The number of benzene rings is 2. The number of anilines is 1. The average Bonchev–Trinajstić information content (AvgIpc) is 3.38. The largest absolute Gasteiger partial charge is 0.416 e. The van der Waals surface area contributed by atoms with E-state index in [9.17, 15) is 18.0 Å². The Morgan fingerprint density at radius 1 is 1.12 bits per heavy atom. The van der Waals surface area contributed by atoms with E-state index in [1.165, 1.54) is 6.07 Å². The highest BCUT2D eigenvalue weighted by molar-refractivity contribution is 7.99. The molecule has 4 aromatic rings. The number of aryl methyl sites for hydroxylation is 2. The van der Waals surface area contributed by atoms with Gasteiger partial charge in [-0.15, -0.1) is 0 Å². The van der Waals surface area contributed by atoms with Gasteiger partial charge in [0.15, 0.2) is 11.0 Å². The molecule has 0 spiro atoms. The van der Waals surface area contributed by atoms with E-state index in [1.807, 2.05) is 31.2 Å². The number of hydrogen-bond donors (Lipinski definition) is 1. The molecule has 2 aromatic heterocycles. The first-order chi connectivity index (χ1) is 15.7. The molecule has 0 aliphatic rings. The van der Waals surface area contributed by atoms with Crippen LogP contribution in [-0.2, 0) is 11.0 Å². The average molecular weight is 472 g/mol. The van der Waals surface area contributed by atoms with Crippen LogP contribution in [0.5, 0.6) is 0 Å². The predicted molar refractivity (Wildman–Crippen MR) is 119 cm³/mol. The van der Waals surface area contributed by atoms with E-state index >= 15 is 0 Å². The van der Waals surface area contributed by atoms with E-state index in [-0.39, 0.29) is 11.7 Å². The van der Waals surface area contributed by atoms with E-state index in [0.29, 0.717) is 28.1 Å². The van der Waals surface area contributed by atoms with Crippen LogP contribution in [0.25, 0.3) is 16.9 Å². The lowest BCUT2D eigenvalue weighted by atomic mass is 10.1. The van der Waals surface area contributed by atoms with Crippen molar-refractivity contribution < 1.29 is 22.5 Å². The van der Waals surface area contributed by atoms with E-state index in [1.54, 1.807) is 29.8 Å². The number of hydrogen-bond acceptors (Lipinski definition) is 5. The minimum Gasteiger partial charge on any atom is -0.360 e. The van der Waals surface area contributed by atoms with Crippen LogP contribution < -0.4 is 5.32 Å². The maximum absolute atomic E-state index is 13.3. The summed E-state index contributed by atoms with van der Waals surface area (Å²) < 4.78 is 46.6. The normalized spacial score (nSPS) is 11.5. The van der Waals surface area contributed by atoms with E-state index in [2.05, 4.69) is 15.5 Å². The number of alkyl halides is 3. The summed E-state index contributed by atoms with van der Waals surface area (Å²) in [6.45, 7) is 3.65. The van der Waals surface area contributed by atoms with Gasteiger partial charge in [0.2, 0.25) is 5.91 Å². The van der Waals surface area contributed by atoms with Gasteiger partial charge in [0.05, 0.1) is 23.2 Å². The van der Waals surface area contributed by atoms with E-state index in [0.717, 1.165) is 35.0 Å². The molecule has 33 heavy (non-hydrogen) atoms. The number of imidazole rings is 1. The monoisotopic (exact) mass is 472 g/mol. The quantitative estimate of drug-likeness (QED) is 0.354. The molecule has 0 saturated carbocycles. The molecule has 10 heteroatoms. The number of nitrogens with zero attached hydrogens (tertiary/aromatic N) is 3. The Kier molecular flexibility index (Phi) is 6.28. The fourth-order valence-electron chi connectivity index (χ4n) is 3.17. The molecule has 0 radical (unpaired) electrons. The number of thioether (sulfide) groups is 1. The second-order valence-corrected chi connectivity index (χ2v) is 8.28. The van der Waals surface area contributed by atoms with Crippen LogP contribution >= 0.6 is 11.8 Å². The van der Waals surface area contributed by atoms with Crippen LogP contribution in [0.4, 0.5) is 19.0 Å². The number of rotatable bonds is 6. The summed E-state index contributed by atoms with van der Waals surface area (Å²) in [4.78, 5) is 16.7. The van der Waals surface area contributed by atoms with Crippen molar-refractivity contribution in [3.05, 3.63) is 77.7 Å². The summed E-state index contributed by atoms with van der Waals surface area (Å²) in [6.07, 6.45) is -2.89. The first-order valence-electron chi connectivity index (χ1n) is 9.89. The van der Waals surface area contributed by atoms with Crippen molar-refractivity contribution in [2.45, 2.75) is 25.2 Å². The molecule has 0 unspecified atom stereocenters. The number of carbonyl (C=O) groups excluding carboxylic acids is 1. The van der Waals surface area contributed by atoms with Crippen LogP contribution in [-0.4, -0.2) is 26.4 Å². The molecule has 4 rings (SSSR count). The van der Waals surface area contributed by atoms with Gasteiger partial charge >= 0.3 is 6.18 Å². The minimum absolute atomic E-state index is 0.0186. The van der Waals surface area contributed by atoms with Gasteiger partial charge < -0.3 is 9.84 Å². The lowest BCUT2D eigenvalue weighted by Crippen LogP contribution is -2.15. The molecule has 170 valence electrons. The van der Waals surface area contributed by atoms with Crippen LogP contribution in [0.3, 0.4) is 0 Å². The third kappa shape index (κ3) is 5.28. The first kappa shape index (κ1) is 22.7. The summed E-state index contributed by atoms with van der Waals surface area (Å²) in [5, 5.41) is 6.72. The van der Waals surface area contributed by atoms with Gasteiger partial charge in [-0.1, -0.05) is 52.8 Å². The molecular formula is C23H19F3N4O2S. The predicted octanol–water partition coefficient (Wildman–Crippen LogP) is 5.89. The molecule has 0 fully saturated rings. The van der Waals surface area contributed by atoms with Gasteiger partial charge in [-0.2, -0.15) is 13.2 Å². The molecule has 0 saturated heterocycles. The van der Waals surface area contributed by atoms with Gasteiger partial charge in [0.25, 0.3) is 0 Å². The van der Waals surface area contributed by atoms with E-state index in [4.69, 9.17) is 4.52 Å². The highest BCUT2D eigenvalue weighted by atomic mass is 32.2. The number of carbonyl (C=O) groups is 1. The van der Waals surface area contributed by atoms with Crippen LogP contribution in [0.2, 0.25) is 0 Å². The van der Waals surface area contributed by atoms with Gasteiger partial charge in [0, 0.05) is 17.3 Å². The number of aromatic nitrogens is 3. The standard InChI is InChI=1S/C23H19F3N4O2S/c1-14-6-8-16(9-7-14)19-12-27-22(33-13-21(31)28-20-10-15(2)32-29-20)30(19)18-5-3-4-17(11-18)23(24,25)26/h3-12H,13H2,1-2H3,(H,28,29,31). The summed E-state index contributed by atoms with van der Waals surface area (Å²) in [7, 11) is 0. The first-order valence-corrected chi connectivity index (χ1v) is 10.9. The van der Waals surface area contributed by atoms with Gasteiger partial charge in [-0.3, -0.25) is 9.36 Å². The zero-order valence-corrected chi connectivity index (χ0v) is 18.5. The summed E-state index contributed by atoms with van der Waals surface area (Å²) in [5.41, 5.74) is 1.99. The molecule has 2 heterocycles. The number of amides is 1. The molecular weight excluding hydrogens is 453 g/mol. The Balaban J connectivity index is 1.67. The third-order valence-corrected chi connectivity index (χ3v) is 5.69. The zero-order valence-electron chi connectivity index (χ0n) is 17.7. The second kappa shape index (κ2) is 9.14. The Hall–Kier alpha value is -3.53. The Morgan fingerprint density at radius 3 is 2.55 bits per heavy atom. The lowest BCUT2D eigenvalue weighted by Gasteiger charge is -2.14. The topological polar surface area (TPSA) is 73.0 Å². The van der Waals surface area contributed by atoms with Crippen LogP contribution in [0.1, 0.15) is 16.9 Å². The maximum Gasteiger partial charge on any atom is 0.416 e. The van der Waals surface area contributed by atoms with Crippen molar-refractivity contribution in [3.63, 3.8) is 0 Å². The molecule has 0 aliphatic carbocycles. The minimum atomic E-state index is -4.48. The highest BCUT2D eigenvalue weighted by Gasteiger charge is 2.31. The lowest BCUT2D eigenvalue weighted by molar-refractivity contribution is -0.137. The van der Waals surface area contributed by atoms with Crippen LogP contribution in [0.15, 0.2) is 70.5 Å². The molecule has 0 aliphatic heterocycles. The Bertz CT molecular complexity index is 1280. The third-order valence-electron chi connectivity index (χ3n) is 4.74. The summed E-state index contributed by atoms with van der Waals surface area (Å²) in [6, 6.07) is 14.2. The maximum atomic E-state index is 13.3. The molecule has 2 aromatic carbocycles. The van der Waals surface area contributed by atoms with Crippen molar-refractivity contribution in [2.24, 2.45) is 0 Å². The van der Waals surface area contributed by atoms with Crippen molar-refractivity contribution in [1.29, 1.82) is 0 Å². The fraction of sp³-hybridized carbons (Fsp3) is 0.174. The van der Waals surface area contributed by atoms with Gasteiger partial charge in [-0.25, -0.2) is 4.98 Å². The van der Waals surface area contributed by atoms with E-state index < -0.39 is 11.7 Å². The van der Waals surface area contributed by atoms with Crippen LogP contribution in [0, 0.1) is 13.8 Å². The Morgan fingerprint density at radius 2 is 1.88 bits per heavy atom. The summed E-state index contributed by atoms with van der Waals surface area (Å²) in [5.74, 6) is 0.485. The number of nitrogens with one attached hydrogen (secondary N) is 1. The molecule has 1 N–H and O–H groups in total. The van der Waals surface area contributed by atoms with Crippen molar-refractivity contribution in [3.8, 4) is 16.9 Å². The van der Waals surface area contributed by atoms with Crippen molar-refractivity contribution in [1.82, 2.24) is 14.7 Å². The number of halogens is 3. The van der Waals surface area contributed by atoms with Crippen molar-refractivity contribution in [2.75, 3.05) is 11.1 Å². The van der Waals surface area contributed by atoms with Gasteiger partial charge in [0.1, 0.15) is 5.76 Å². The Labute approximate surface area is 191 Å². The second-order valence-electron chi connectivity index (χ2n) is 7.34. The zero-order chi connectivity index (χ0) is 23.6. The van der Waals surface area contributed by atoms with Crippen molar-refractivity contribution >= 4 is 23.5 Å². The molecule has 0 atom stereocenters. The van der Waals surface area contributed by atoms with Gasteiger partial charge in [-0.05, 0) is 32.0 Å². The smallest absolute Gasteiger partial charge is 0.360 e. The highest BCUT2D eigenvalue weighted by Crippen LogP contribution is 2.34. The summed E-state index contributed by atoms with van der Waals surface area (Å²) >= 11 is 1.11. The molecule has 1 amide bonds. The molecule has 6 nitrogen and oxygen atoms in total. The molecule has 0 bridgehead atoms. The fourth-order valence-corrected chi connectivity index (χ4v) is 3.96. The SMILES string of the molecule is Cc1ccc(-c2cnc(SCC(=O)Nc3cc(C)on3)n2-c2cccc(C(F)(F)F)c2)cc1.